The van der Waals surface area contributed by atoms with Crippen molar-refractivity contribution >= 4 is 28.4 Å². The van der Waals surface area contributed by atoms with Gasteiger partial charge in [-0.05, 0) is 74.2 Å². The van der Waals surface area contributed by atoms with E-state index in [4.69, 9.17) is 21.1 Å². The number of ether oxygens (including phenoxy) is 2. The molecule has 1 aliphatic rings. The van der Waals surface area contributed by atoms with Crippen molar-refractivity contribution in [3.05, 3.63) is 94.6 Å². The molecule has 8 heteroatoms. The zero-order valence-corrected chi connectivity index (χ0v) is 24.7. The Hall–Kier alpha value is -4.20. The number of nitrogens with one attached hydrogen (secondary N) is 2. The number of amides is 1. The van der Waals surface area contributed by atoms with Crippen molar-refractivity contribution in [1.29, 1.82) is 0 Å². The summed E-state index contributed by atoms with van der Waals surface area (Å²) in [6, 6.07) is 21.1. The average molecular weight is 584 g/mol. The van der Waals surface area contributed by atoms with Crippen LogP contribution < -0.4 is 14.8 Å². The Morgan fingerprint density at radius 3 is 2.69 bits per heavy atom. The van der Waals surface area contributed by atoms with Gasteiger partial charge in [-0.25, -0.2) is 0 Å². The van der Waals surface area contributed by atoms with Crippen LogP contribution in [0.15, 0.2) is 72.9 Å². The summed E-state index contributed by atoms with van der Waals surface area (Å²) in [7, 11) is 1.65. The number of hydrogen-bond donors (Lipinski definition) is 3. The number of fused-ring (bicyclic) bond motifs is 4. The van der Waals surface area contributed by atoms with Crippen LogP contribution in [-0.2, 0) is 19.4 Å². The summed E-state index contributed by atoms with van der Waals surface area (Å²) >= 11 is 6.42. The first-order valence-corrected chi connectivity index (χ1v) is 14.6. The maximum absolute atomic E-state index is 14.0. The average Bonchev–Trinajstić information content (AvgIpc) is 3.58. The van der Waals surface area contributed by atoms with Crippen molar-refractivity contribution in [3.8, 4) is 34.0 Å². The second kappa shape index (κ2) is 11.6. The molecular weight excluding hydrogens is 550 g/mol. The third kappa shape index (κ3) is 5.26. The zero-order valence-electron chi connectivity index (χ0n) is 23.9. The molecule has 42 heavy (non-hydrogen) atoms. The maximum Gasteiger partial charge on any atom is 0.253 e. The van der Waals surface area contributed by atoms with E-state index < -0.39 is 6.04 Å². The van der Waals surface area contributed by atoms with Crippen LogP contribution in [-0.4, -0.2) is 46.4 Å². The number of halogens is 1. The number of rotatable bonds is 9. The number of aromatic amines is 1. The van der Waals surface area contributed by atoms with Crippen LogP contribution in [0.3, 0.4) is 0 Å². The number of para-hydroxylation sites is 1. The molecular formula is C34H34ClN3O4. The van der Waals surface area contributed by atoms with Gasteiger partial charge in [0.25, 0.3) is 5.91 Å². The number of benzene rings is 3. The Kier molecular flexibility index (Phi) is 7.71. The molecule has 216 valence electrons. The lowest BCUT2D eigenvalue weighted by atomic mass is 9.97. The first-order chi connectivity index (χ1) is 20.4. The first-order valence-electron chi connectivity index (χ1n) is 14.2. The minimum atomic E-state index is -0.469. The standard InChI is InChI=1S/C34H34ClN3O4/c1-20(2)42-32-17-27-21(15-31(32)41-3)11-12-38-30(27)16-28(33(38)22-7-6-8-24(35)13-22)34(40)37-25(19-39)14-23-18-36-29-10-5-4-9-26(23)29/h4-10,13,15-18,20,25,36,39H,11-12,14,19H2,1-3H3,(H,37,40)/t25-/m1/s1. The van der Waals surface area contributed by atoms with Gasteiger partial charge in [-0.2, -0.15) is 0 Å². The van der Waals surface area contributed by atoms with Crippen molar-refractivity contribution in [2.45, 2.75) is 45.4 Å². The van der Waals surface area contributed by atoms with E-state index in [2.05, 4.69) is 14.9 Å². The Labute approximate surface area is 250 Å². The van der Waals surface area contributed by atoms with Crippen molar-refractivity contribution in [3.63, 3.8) is 0 Å². The molecule has 0 unspecified atom stereocenters. The molecule has 0 bridgehead atoms. The number of carbonyl (C=O) groups excluding carboxylic acids is 1. The third-order valence-electron chi connectivity index (χ3n) is 7.77. The molecule has 1 aliphatic heterocycles. The number of hydrogen-bond acceptors (Lipinski definition) is 4. The second-order valence-electron chi connectivity index (χ2n) is 10.9. The molecule has 5 aromatic rings. The van der Waals surface area contributed by atoms with Gasteiger partial charge >= 0.3 is 0 Å². The normalized spacial score (nSPS) is 13.1. The Balaban J connectivity index is 1.41. The summed E-state index contributed by atoms with van der Waals surface area (Å²) in [5.74, 6) is 1.10. The Morgan fingerprint density at radius 1 is 1.10 bits per heavy atom. The van der Waals surface area contributed by atoms with E-state index in [1.54, 1.807) is 7.11 Å². The molecule has 0 aliphatic carbocycles. The summed E-state index contributed by atoms with van der Waals surface area (Å²) in [6.45, 7) is 4.46. The zero-order chi connectivity index (χ0) is 29.4. The molecule has 6 rings (SSSR count). The third-order valence-corrected chi connectivity index (χ3v) is 8.00. The predicted molar refractivity (Wildman–Crippen MR) is 167 cm³/mol. The smallest absolute Gasteiger partial charge is 0.253 e. The number of aryl methyl sites for hydroxylation is 1. The van der Waals surface area contributed by atoms with Gasteiger partial charge in [0, 0.05) is 45.5 Å². The predicted octanol–water partition coefficient (Wildman–Crippen LogP) is 6.64. The number of aliphatic hydroxyl groups excluding tert-OH is 1. The first kappa shape index (κ1) is 27.9. The Morgan fingerprint density at radius 2 is 1.93 bits per heavy atom. The summed E-state index contributed by atoms with van der Waals surface area (Å²) in [5, 5.41) is 15.1. The molecule has 0 radical (unpaired) electrons. The number of nitrogens with zero attached hydrogens (tertiary/aromatic N) is 1. The molecule has 0 saturated heterocycles. The lowest BCUT2D eigenvalue weighted by Gasteiger charge is -2.24. The van der Waals surface area contributed by atoms with Gasteiger partial charge in [0.2, 0.25) is 0 Å². The van der Waals surface area contributed by atoms with E-state index in [0.717, 1.165) is 51.0 Å². The highest BCUT2D eigenvalue weighted by molar-refractivity contribution is 6.30. The molecule has 2 aromatic heterocycles. The van der Waals surface area contributed by atoms with Crippen molar-refractivity contribution in [2.75, 3.05) is 13.7 Å². The number of methoxy groups -OCH3 is 1. The van der Waals surface area contributed by atoms with Crippen LogP contribution in [0.1, 0.15) is 35.3 Å². The number of H-pyrrole nitrogens is 1. The lowest BCUT2D eigenvalue weighted by molar-refractivity contribution is 0.0917. The van der Waals surface area contributed by atoms with E-state index in [1.165, 1.54) is 0 Å². The molecule has 0 fully saturated rings. The van der Waals surface area contributed by atoms with Crippen molar-refractivity contribution in [1.82, 2.24) is 14.9 Å². The van der Waals surface area contributed by atoms with Crippen LogP contribution in [0.2, 0.25) is 5.02 Å². The fourth-order valence-corrected chi connectivity index (χ4v) is 6.09. The van der Waals surface area contributed by atoms with Crippen molar-refractivity contribution in [2.24, 2.45) is 0 Å². The highest BCUT2D eigenvalue weighted by Crippen LogP contribution is 2.43. The van der Waals surface area contributed by atoms with Gasteiger partial charge in [0.1, 0.15) is 0 Å². The molecule has 0 saturated carbocycles. The number of carbonyl (C=O) groups is 1. The molecule has 3 N–H and O–H groups in total. The van der Waals surface area contributed by atoms with Crippen LogP contribution in [0.25, 0.3) is 33.4 Å². The molecule has 0 spiro atoms. The largest absolute Gasteiger partial charge is 0.493 e. The summed E-state index contributed by atoms with van der Waals surface area (Å²) < 4.78 is 13.9. The maximum atomic E-state index is 14.0. The van der Waals surface area contributed by atoms with Gasteiger partial charge in [-0.1, -0.05) is 41.9 Å². The lowest BCUT2D eigenvalue weighted by Crippen LogP contribution is -2.39. The summed E-state index contributed by atoms with van der Waals surface area (Å²) in [4.78, 5) is 17.3. The topological polar surface area (TPSA) is 88.5 Å². The van der Waals surface area contributed by atoms with E-state index in [1.807, 2.05) is 86.8 Å². The number of aromatic nitrogens is 2. The van der Waals surface area contributed by atoms with Gasteiger partial charge < -0.3 is 29.4 Å². The van der Waals surface area contributed by atoms with E-state index >= 15 is 0 Å². The van der Waals surface area contributed by atoms with E-state index in [-0.39, 0.29) is 18.6 Å². The van der Waals surface area contributed by atoms with Gasteiger partial charge in [0.15, 0.2) is 11.5 Å². The van der Waals surface area contributed by atoms with Gasteiger partial charge in [0.05, 0.1) is 37.1 Å². The molecule has 1 atom stereocenters. The molecule has 7 nitrogen and oxygen atoms in total. The van der Waals surface area contributed by atoms with Crippen LogP contribution in [0, 0.1) is 0 Å². The van der Waals surface area contributed by atoms with E-state index in [9.17, 15) is 9.90 Å². The quantitative estimate of drug-likeness (QED) is 0.181. The summed E-state index contributed by atoms with van der Waals surface area (Å²) in [5.41, 5.74) is 7.28. The number of aliphatic hydroxyl groups is 1. The fraction of sp³-hybridized carbons (Fsp3) is 0.265. The Bertz CT molecular complexity index is 1770. The highest BCUT2D eigenvalue weighted by Gasteiger charge is 2.29. The molecule has 1 amide bonds. The molecule has 3 heterocycles. The monoisotopic (exact) mass is 583 g/mol. The van der Waals surface area contributed by atoms with E-state index in [0.29, 0.717) is 35.1 Å². The van der Waals surface area contributed by atoms with Crippen LogP contribution in [0.5, 0.6) is 11.5 Å². The van der Waals surface area contributed by atoms with Crippen LogP contribution >= 0.6 is 11.6 Å². The van der Waals surface area contributed by atoms with Gasteiger partial charge in [-0.15, -0.1) is 0 Å². The SMILES string of the molecule is COc1cc2c(cc1OC(C)C)-c1cc(C(=O)N[C@@H](CO)Cc3c[nH]c4ccccc34)c(-c3cccc(Cl)c3)n1CC2. The fourth-order valence-electron chi connectivity index (χ4n) is 5.90. The molecule has 3 aromatic carbocycles. The minimum Gasteiger partial charge on any atom is -0.493 e. The second-order valence-corrected chi connectivity index (χ2v) is 11.4. The highest BCUT2D eigenvalue weighted by atomic mass is 35.5. The van der Waals surface area contributed by atoms with Crippen LogP contribution in [0.4, 0.5) is 0 Å². The minimum absolute atomic E-state index is 0.0248. The van der Waals surface area contributed by atoms with Crippen molar-refractivity contribution < 1.29 is 19.4 Å². The summed E-state index contributed by atoms with van der Waals surface area (Å²) in [6.07, 6.45) is 3.17. The van der Waals surface area contributed by atoms with Gasteiger partial charge in [-0.3, -0.25) is 4.79 Å².